The largest absolute Gasteiger partial charge is 0.385 e. The monoisotopic (exact) mass is 311 g/mol. The van der Waals surface area contributed by atoms with E-state index in [1.54, 1.807) is 0 Å². The van der Waals surface area contributed by atoms with Crippen molar-refractivity contribution in [1.82, 2.24) is 0 Å². The molecule has 1 aromatic rings. The van der Waals surface area contributed by atoms with E-state index in [0.29, 0.717) is 0 Å². The normalized spacial score (nSPS) is 10.7. The first-order valence-electron chi connectivity index (χ1n) is 7.15. The lowest BCUT2D eigenvalue weighted by Gasteiger charge is -2.13. The molecule has 0 aliphatic carbocycles. The number of anilines is 1. The molecular weight excluding hydrogens is 286 g/mol. The molecule has 1 rings (SSSR count). The fraction of sp³-hybridized carbons (Fsp3) is 0.625. The fourth-order valence-corrected chi connectivity index (χ4v) is 2.99. The first kappa shape index (κ1) is 15.6. The van der Waals surface area contributed by atoms with Crippen LogP contribution in [-0.4, -0.2) is 6.54 Å². The predicted molar refractivity (Wildman–Crippen MR) is 85.5 cm³/mol. The highest BCUT2D eigenvalue weighted by Crippen LogP contribution is 2.25. The van der Waals surface area contributed by atoms with Crippen molar-refractivity contribution in [2.75, 3.05) is 11.9 Å². The Hall–Kier alpha value is -0.500. The summed E-state index contributed by atoms with van der Waals surface area (Å²) >= 11 is 3.54. The number of unbranched alkanes of at least 4 members (excludes halogenated alkanes) is 5. The van der Waals surface area contributed by atoms with Crippen LogP contribution in [0.1, 0.15) is 56.6 Å². The summed E-state index contributed by atoms with van der Waals surface area (Å²) in [5, 5.41) is 3.58. The zero-order chi connectivity index (χ0) is 13.4. The summed E-state index contributed by atoms with van der Waals surface area (Å²) in [6.45, 7) is 7.69. The van der Waals surface area contributed by atoms with E-state index in [2.05, 4.69) is 54.2 Å². The van der Waals surface area contributed by atoms with Gasteiger partial charge in [-0.15, -0.1) is 0 Å². The van der Waals surface area contributed by atoms with Crippen LogP contribution in [0.2, 0.25) is 0 Å². The standard InChI is InChI=1S/C16H26BrN/c1-4-5-6-7-8-9-10-18-16-13(2)11-15(17)12-14(16)3/h11-12,18H,4-10H2,1-3H3. The van der Waals surface area contributed by atoms with Gasteiger partial charge in [0.05, 0.1) is 0 Å². The average Bonchev–Trinajstić information content (AvgIpc) is 2.30. The zero-order valence-electron chi connectivity index (χ0n) is 12.0. The van der Waals surface area contributed by atoms with E-state index >= 15 is 0 Å². The molecule has 1 nitrogen and oxygen atoms in total. The summed E-state index contributed by atoms with van der Waals surface area (Å²) in [6, 6.07) is 4.35. The topological polar surface area (TPSA) is 12.0 Å². The Morgan fingerprint density at radius 3 is 2.11 bits per heavy atom. The Balaban J connectivity index is 2.27. The maximum atomic E-state index is 3.58. The van der Waals surface area contributed by atoms with Crippen LogP contribution in [0.5, 0.6) is 0 Å². The second-order valence-corrected chi connectivity index (χ2v) is 6.02. The molecule has 2 heteroatoms. The van der Waals surface area contributed by atoms with Gasteiger partial charge in [-0.05, 0) is 43.5 Å². The molecule has 0 amide bonds. The molecular formula is C16H26BrN. The van der Waals surface area contributed by atoms with E-state index in [9.17, 15) is 0 Å². The molecule has 0 spiro atoms. The Morgan fingerprint density at radius 1 is 0.944 bits per heavy atom. The Morgan fingerprint density at radius 2 is 1.50 bits per heavy atom. The minimum absolute atomic E-state index is 1.09. The molecule has 0 atom stereocenters. The van der Waals surface area contributed by atoms with Crippen molar-refractivity contribution in [3.63, 3.8) is 0 Å². The van der Waals surface area contributed by atoms with Crippen LogP contribution < -0.4 is 5.32 Å². The van der Waals surface area contributed by atoms with Crippen LogP contribution in [-0.2, 0) is 0 Å². The molecule has 0 aromatic heterocycles. The Kier molecular flexibility index (Phi) is 7.41. The van der Waals surface area contributed by atoms with Crippen LogP contribution >= 0.6 is 15.9 Å². The summed E-state index contributed by atoms with van der Waals surface area (Å²) in [7, 11) is 0. The minimum atomic E-state index is 1.09. The molecule has 102 valence electrons. The first-order valence-corrected chi connectivity index (χ1v) is 7.95. The lowest BCUT2D eigenvalue weighted by Crippen LogP contribution is -2.04. The average molecular weight is 312 g/mol. The van der Waals surface area contributed by atoms with Crippen molar-refractivity contribution in [1.29, 1.82) is 0 Å². The van der Waals surface area contributed by atoms with Gasteiger partial charge in [-0.2, -0.15) is 0 Å². The van der Waals surface area contributed by atoms with Gasteiger partial charge in [-0.3, -0.25) is 0 Å². The summed E-state index contributed by atoms with van der Waals surface area (Å²) in [4.78, 5) is 0. The Labute approximate surface area is 120 Å². The summed E-state index contributed by atoms with van der Waals surface area (Å²) in [6.07, 6.45) is 8.12. The molecule has 0 aliphatic rings. The molecule has 1 aromatic carbocycles. The molecule has 0 saturated carbocycles. The molecule has 0 radical (unpaired) electrons. The van der Waals surface area contributed by atoms with Crippen molar-refractivity contribution < 1.29 is 0 Å². The smallest absolute Gasteiger partial charge is 0.0400 e. The number of halogens is 1. The first-order chi connectivity index (χ1) is 8.65. The molecule has 1 N–H and O–H groups in total. The molecule has 0 aliphatic heterocycles. The van der Waals surface area contributed by atoms with Crippen LogP contribution in [0.4, 0.5) is 5.69 Å². The molecule has 0 fully saturated rings. The molecule has 0 heterocycles. The number of hydrogen-bond donors (Lipinski definition) is 1. The highest BCUT2D eigenvalue weighted by Gasteiger charge is 2.03. The molecule has 0 saturated heterocycles. The van der Waals surface area contributed by atoms with Crippen molar-refractivity contribution >= 4 is 21.6 Å². The fourth-order valence-electron chi connectivity index (χ4n) is 2.31. The van der Waals surface area contributed by atoms with Gasteiger partial charge in [0.15, 0.2) is 0 Å². The molecule has 0 bridgehead atoms. The number of nitrogens with one attached hydrogen (secondary N) is 1. The van der Waals surface area contributed by atoms with E-state index in [0.717, 1.165) is 6.54 Å². The number of hydrogen-bond acceptors (Lipinski definition) is 1. The van der Waals surface area contributed by atoms with Crippen molar-refractivity contribution in [3.8, 4) is 0 Å². The second kappa shape index (κ2) is 8.58. The van der Waals surface area contributed by atoms with Gasteiger partial charge < -0.3 is 5.32 Å². The third kappa shape index (κ3) is 5.43. The van der Waals surface area contributed by atoms with Gasteiger partial charge in [-0.1, -0.05) is 55.0 Å². The van der Waals surface area contributed by atoms with Crippen LogP contribution in [0.25, 0.3) is 0 Å². The van der Waals surface area contributed by atoms with E-state index in [-0.39, 0.29) is 0 Å². The van der Waals surface area contributed by atoms with Crippen LogP contribution in [0.15, 0.2) is 16.6 Å². The Bertz CT molecular complexity index is 337. The minimum Gasteiger partial charge on any atom is -0.385 e. The maximum Gasteiger partial charge on any atom is 0.0400 e. The highest BCUT2D eigenvalue weighted by molar-refractivity contribution is 9.10. The van der Waals surface area contributed by atoms with E-state index in [1.807, 2.05) is 0 Å². The number of aryl methyl sites for hydroxylation is 2. The van der Waals surface area contributed by atoms with Crippen LogP contribution in [0.3, 0.4) is 0 Å². The van der Waals surface area contributed by atoms with Gasteiger partial charge >= 0.3 is 0 Å². The lowest BCUT2D eigenvalue weighted by molar-refractivity contribution is 0.617. The third-order valence-electron chi connectivity index (χ3n) is 3.33. The van der Waals surface area contributed by atoms with E-state index < -0.39 is 0 Å². The third-order valence-corrected chi connectivity index (χ3v) is 3.79. The van der Waals surface area contributed by atoms with Gasteiger partial charge in [0.1, 0.15) is 0 Å². The number of benzene rings is 1. The van der Waals surface area contributed by atoms with E-state index in [4.69, 9.17) is 0 Å². The molecule has 18 heavy (non-hydrogen) atoms. The lowest BCUT2D eigenvalue weighted by atomic mass is 10.1. The number of rotatable bonds is 8. The molecule has 0 unspecified atom stereocenters. The van der Waals surface area contributed by atoms with Gasteiger partial charge in [0.2, 0.25) is 0 Å². The van der Waals surface area contributed by atoms with Crippen molar-refractivity contribution in [2.45, 2.75) is 59.3 Å². The van der Waals surface area contributed by atoms with Gasteiger partial charge in [-0.25, -0.2) is 0 Å². The van der Waals surface area contributed by atoms with Gasteiger partial charge in [0, 0.05) is 16.7 Å². The van der Waals surface area contributed by atoms with Crippen LogP contribution in [0, 0.1) is 13.8 Å². The quantitative estimate of drug-likeness (QED) is 0.595. The summed E-state index contributed by atoms with van der Waals surface area (Å²) in [5.74, 6) is 0. The zero-order valence-corrected chi connectivity index (χ0v) is 13.6. The summed E-state index contributed by atoms with van der Waals surface area (Å²) < 4.78 is 1.17. The van der Waals surface area contributed by atoms with Gasteiger partial charge in [0.25, 0.3) is 0 Å². The van der Waals surface area contributed by atoms with Crippen molar-refractivity contribution in [2.24, 2.45) is 0 Å². The summed E-state index contributed by atoms with van der Waals surface area (Å²) in [5.41, 5.74) is 3.97. The van der Waals surface area contributed by atoms with E-state index in [1.165, 1.54) is 59.8 Å². The second-order valence-electron chi connectivity index (χ2n) is 5.11. The SMILES string of the molecule is CCCCCCCCNc1c(C)cc(Br)cc1C. The highest BCUT2D eigenvalue weighted by atomic mass is 79.9. The predicted octanol–water partition coefficient (Wildman–Crippen LogP) is 5.84. The maximum absolute atomic E-state index is 3.58. The van der Waals surface area contributed by atoms with Crippen molar-refractivity contribution in [3.05, 3.63) is 27.7 Å².